The first-order valence-electron chi connectivity index (χ1n) is 12.3. The number of nitrogens with zero attached hydrogens (tertiary/aromatic N) is 2. The van der Waals surface area contributed by atoms with Gasteiger partial charge >= 0.3 is 0 Å². The van der Waals surface area contributed by atoms with Gasteiger partial charge in [0.05, 0.1) is 31.9 Å². The second-order valence-electron chi connectivity index (χ2n) is 9.34. The van der Waals surface area contributed by atoms with E-state index in [9.17, 15) is 19.5 Å². The molecule has 1 unspecified atom stereocenters. The van der Waals surface area contributed by atoms with Crippen LogP contribution in [-0.4, -0.2) is 80.7 Å². The number of rotatable bonds is 7. The van der Waals surface area contributed by atoms with Gasteiger partial charge in [-0.3, -0.25) is 14.4 Å². The Kier molecular flexibility index (Phi) is 6.57. The van der Waals surface area contributed by atoms with Crippen molar-refractivity contribution in [2.75, 3.05) is 57.9 Å². The third-order valence-electron chi connectivity index (χ3n) is 7.32. The summed E-state index contributed by atoms with van der Waals surface area (Å²) in [6.07, 6.45) is 1.62. The maximum absolute atomic E-state index is 14.0. The molecule has 2 saturated heterocycles. The Morgan fingerprint density at radius 1 is 1.14 bits per heavy atom. The summed E-state index contributed by atoms with van der Waals surface area (Å²) >= 11 is 0. The van der Waals surface area contributed by atoms with E-state index in [4.69, 9.17) is 9.47 Å². The Balaban J connectivity index is 1.64. The summed E-state index contributed by atoms with van der Waals surface area (Å²) in [7, 11) is 1.62. The normalized spacial score (nSPS) is 23.1. The van der Waals surface area contributed by atoms with Gasteiger partial charge in [0, 0.05) is 23.9 Å². The van der Waals surface area contributed by atoms with Crippen LogP contribution in [0.15, 0.2) is 66.8 Å². The number of ketones is 1. The van der Waals surface area contributed by atoms with Gasteiger partial charge in [0.15, 0.2) is 5.54 Å². The summed E-state index contributed by atoms with van der Waals surface area (Å²) in [5, 5.41) is 11.5. The van der Waals surface area contributed by atoms with E-state index in [1.165, 1.54) is 14.7 Å². The van der Waals surface area contributed by atoms with Gasteiger partial charge in [-0.1, -0.05) is 30.9 Å². The number of aliphatic hydroxyl groups excluding tert-OH is 1. The van der Waals surface area contributed by atoms with E-state index in [1.54, 1.807) is 61.7 Å². The number of benzene rings is 2. The zero-order valence-electron chi connectivity index (χ0n) is 20.7. The Morgan fingerprint density at radius 2 is 1.84 bits per heavy atom. The molecule has 2 fully saturated rings. The number of hydrogen-bond donors (Lipinski definition) is 2. The monoisotopic (exact) mass is 504 g/mol. The fourth-order valence-electron chi connectivity index (χ4n) is 5.46. The first-order chi connectivity index (χ1) is 17.9. The number of fused-ring (bicyclic) bond motifs is 2. The molecule has 3 heterocycles. The van der Waals surface area contributed by atoms with E-state index in [1.807, 2.05) is 0 Å². The number of amides is 2. The molecule has 2 aromatic rings. The van der Waals surface area contributed by atoms with Crippen LogP contribution in [0.1, 0.15) is 11.1 Å². The van der Waals surface area contributed by atoms with Gasteiger partial charge in [0.25, 0.3) is 17.6 Å². The quantitative estimate of drug-likeness (QED) is 0.250. The first kappa shape index (κ1) is 24.7. The molecule has 192 valence electrons. The number of nitrogens with one attached hydrogen (secondary N) is 1. The Bertz CT molecular complexity index is 1280. The van der Waals surface area contributed by atoms with Crippen molar-refractivity contribution in [3.05, 3.63) is 77.9 Å². The molecule has 2 N–H and O–H groups in total. The first-order valence-corrected chi connectivity index (χ1v) is 12.3. The maximum atomic E-state index is 14.0. The van der Waals surface area contributed by atoms with Gasteiger partial charge in [-0.25, -0.2) is 0 Å². The summed E-state index contributed by atoms with van der Waals surface area (Å²) in [5.74, 6) is -1.95. The van der Waals surface area contributed by atoms with Gasteiger partial charge in [0.1, 0.15) is 31.2 Å². The lowest BCUT2D eigenvalue weighted by atomic mass is 9.82. The van der Waals surface area contributed by atoms with E-state index in [-0.39, 0.29) is 12.1 Å². The third-order valence-corrected chi connectivity index (χ3v) is 7.32. The standard InChI is InChI=1S/C28H29N3O6/c1-3-16-37-20-10-8-19(9-11-20)24(32)23-25(33)26(34)31(13-12-30-14-17-36-18-15-30)28(23)21-6-4-5-7-22(21)29(2)27(28)35/h3-11,32H,1,12-18H2,2H3/p+1. The van der Waals surface area contributed by atoms with Crippen molar-refractivity contribution < 1.29 is 33.9 Å². The molecular formula is C28H30N3O6+. The number of carbonyl (C=O) groups excluding carboxylic acids is 3. The third kappa shape index (κ3) is 3.91. The van der Waals surface area contributed by atoms with E-state index in [2.05, 4.69) is 6.58 Å². The van der Waals surface area contributed by atoms with Crippen LogP contribution in [0.5, 0.6) is 5.75 Å². The topological polar surface area (TPSA) is 101 Å². The largest absolute Gasteiger partial charge is 0.507 e. The van der Waals surface area contributed by atoms with Crippen molar-refractivity contribution in [2.45, 2.75) is 5.54 Å². The predicted octanol–water partition coefficient (Wildman–Crippen LogP) is 0.719. The van der Waals surface area contributed by atoms with Crippen molar-refractivity contribution in [3.63, 3.8) is 0 Å². The van der Waals surface area contributed by atoms with Crippen molar-refractivity contribution in [2.24, 2.45) is 0 Å². The molecule has 1 atom stereocenters. The van der Waals surface area contributed by atoms with Crippen LogP contribution in [0.4, 0.5) is 5.69 Å². The number of anilines is 1. The molecule has 3 aliphatic heterocycles. The molecular weight excluding hydrogens is 474 g/mol. The lowest BCUT2D eigenvalue weighted by molar-refractivity contribution is -0.907. The highest BCUT2D eigenvalue weighted by Crippen LogP contribution is 2.53. The Labute approximate surface area is 215 Å². The second kappa shape index (κ2) is 9.84. The molecule has 2 amide bonds. The molecule has 2 aromatic carbocycles. The molecule has 37 heavy (non-hydrogen) atoms. The minimum Gasteiger partial charge on any atom is -0.507 e. The van der Waals surface area contributed by atoms with Crippen LogP contribution in [0, 0.1) is 0 Å². The Morgan fingerprint density at radius 3 is 2.54 bits per heavy atom. The molecule has 0 aliphatic carbocycles. The summed E-state index contributed by atoms with van der Waals surface area (Å²) < 4.78 is 11.0. The van der Waals surface area contributed by atoms with Crippen molar-refractivity contribution >= 4 is 29.0 Å². The molecule has 9 heteroatoms. The number of quaternary nitrogens is 1. The van der Waals surface area contributed by atoms with Crippen LogP contribution in [0.25, 0.3) is 5.76 Å². The average Bonchev–Trinajstić information content (AvgIpc) is 3.29. The van der Waals surface area contributed by atoms with Crippen molar-refractivity contribution in [3.8, 4) is 5.75 Å². The van der Waals surface area contributed by atoms with Gasteiger partial charge in [-0.05, 0) is 30.3 Å². The lowest BCUT2D eigenvalue weighted by Gasteiger charge is -2.35. The highest BCUT2D eigenvalue weighted by molar-refractivity contribution is 6.50. The molecule has 5 rings (SSSR count). The van der Waals surface area contributed by atoms with Crippen LogP contribution < -0.4 is 14.5 Å². The zero-order chi connectivity index (χ0) is 26.2. The van der Waals surface area contributed by atoms with Gasteiger partial charge in [0.2, 0.25) is 0 Å². The number of morpholine rings is 1. The maximum Gasteiger partial charge on any atom is 0.296 e. The second-order valence-corrected chi connectivity index (χ2v) is 9.34. The summed E-state index contributed by atoms with van der Waals surface area (Å²) in [6.45, 7) is 7.47. The van der Waals surface area contributed by atoms with Gasteiger partial charge in [-0.2, -0.15) is 0 Å². The molecule has 0 aromatic heterocycles. The fraction of sp³-hybridized carbons (Fsp3) is 0.321. The minimum atomic E-state index is -1.74. The van der Waals surface area contributed by atoms with E-state index >= 15 is 0 Å². The highest BCUT2D eigenvalue weighted by atomic mass is 16.5. The SMILES string of the molecule is C=CCOc1ccc(C(O)=C2C(=O)C(=O)N(CC[NH+]3CCOCC3)C23C(=O)N(C)c2ccccc23)cc1. The van der Waals surface area contributed by atoms with E-state index < -0.39 is 28.9 Å². The molecule has 0 bridgehead atoms. The summed E-state index contributed by atoms with van der Waals surface area (Å²) in [4.78, 5) is 45.2. The number of Topliss-reactive ketones (excluding diaryl/α,β-unsaturated/α-hetero) is 1. The number of ether oxygens (including phenoxy) is 2. The Hall–Kier alpha value is -3.95. The lowest BCUT2D eigenvalue weighted by Crippen LogP contribution is -3.14. The van der Waals surface area contributed by atoms with Gasteiger partial charge in [-0.15, -0.1) is 0 Å². The van der Waals surface area contributed by atoms with Crippen LogP contribution in [0.2, 0.25) is 0 Å². The minimum absolute atomic E-state index is 0.179. The number of carbonyl (C=O) groups is 3. The fourth-order valence-corrected chi connectivity index (χ4v) is 5.46. The molecule has 9 nitrogen and oxygen atoms in total. The summed E-state index contributed by atoms with van der Waals surface area (Å²) in [6, 6.07) is 13.6. The van der Waals surface area contributed by atoms with E-state index in [0.29, 0.717) is 48.9 Å². The molecule has 1 spiro atoms. The highest BCUT2D eigenvalue weighted by Gasteiger charge is 2.66. The van der Waals surface area contributed by atoms with Crippen molar-refractivity contribution in [1.29, 1.82) is 0 Å². The van der Waals surface area contributed by atoms with Crippen molar-refractivity contribution in [1.82, 2.24) is 4.90 Å². The smallest absolute Gasteiger partial charge is 0.296 e. The van der Waals surface area contributed by atoms with E-state index in [0.717, 1.165) is 13.1 Å². The number of hydrogen-bond acceptors (Lipinski definition) is 6. The number of aliphatic hydroxyl groups is 1. The molecule has 0 saturated carbocycles. The summed E-state index contributed by atoms with van der Waals surface area (Å²) in [5.41, 5.74) is -0.547. The van der Waals surface area contributed by atoms with Crippen LogP contribution in [-0.2, 0) is 24.7 Å². The van der Waals surface area contributed by atoms with Crippen LogP contribution >= 0.6 is 0 Å². The zero-order valence-corrected chi connectivity index (χ0v) is 20.7. The van der Waals surface area contributed by atoms with Crippen LogP contribution in [0.3, 0.4) is 0 Å². The number of likely N-dealkylation sites (N-methyl/N-ethyl adjacent to an activating group) is 1. The number of likely N-dealkylation sites (tertiary alicyclic amines) is 1. The predicted molar refractivity (Wildman–Crippen MR) is 136 cm³/mol. The average molecular weight is 505 g/mol. The number of para-hydroxylation sites is 1. The van der Waals surface area contributed by atoms with Gasteiger partial charge < -0.3 is 29.3 Å². The molecule has 3 aliphatic rings. The molecule has 0 radical (unpaired) electrons.